The average molecular weight is 138 g/mol. The van der Waals surface area contributed by atoms with E-state index in [4.69, 9.17) is 6.42 Å². The van der Waals surface area contributed by atoms with Crippen molar-refractivity contribution in [3.63, 3.8) is 0 Å². The van der Waals surface area contributed by atoms with Gasteiger partial charge < -0.3 is 5.11 Å². The van der Waals surface area contributed by atoms with Gasteiger partial charge in [-0.25, -0.2) is 0 Å². The fourth-order valence-electron chi connectivity index (χ4n) is 1.60. The maximum Gasteiger partial charge on any atom is 0.125 e. The van der Waals surface area contributed by atoms with Crippen LogP contribution in [-0.2, 0) is 0 Å². The Labute approximate surface area is 62.4 Å². The highest BCUT2D eigenvalue weighted by molar-refractivity contribution is 5.10. The molecule has 1 aliphatic rings. The van der Waals surface area contributed by atoms with E-state index in [0.717, 1.165) is 25.7 Å². The van der Waals surface area contributed by atoms with Gasteiger partial charge in [-0.1, -0.05) is 19.3 Å². The summed E-state index contributed by atoms with van der Waals surface area (Å²) in [4.78, 5) is 0. The molecule has 1 N–H and O–H groups in total. The SMILES string of the molecule is C#CC1(O)CCC(CC)C1. The number of hydrogen-bond donors (Lipinski definition) is 1. The first-order chi connectivity index (χ1) is 4.70. The zero-order valence-corrected chi connectivity index (χ0v) is 6.43. The lowest BCUT2D eigenvalue weighted by Gasteiger charge is -2.13. The molecule has 2 unspecified atom stereocenters. The molecule has 0 aromatic heterocycles. The predicted molar refractivity (Wildman–Crippen MR) is 41.4 cm³/mol. The minimum Gasteiger partial charge on any atom is -0.378 e. The largest absolute Gasteiger partial charge is 0.378 e. The number of hydrogen-bond acceptors (Lipinski definition) is 1. The van der Waals surface area contributed by atoms with Crippen molar-refractivity contribution in [1.82, 2.24) is 0 Å². The van der Waals surface area contributed by atoms with Crippen LogP contribution in [0.4, 0.5) is 0 Å². The van der Waals surface area contributed by atoms with Crippen LogP contribution in [0.25, 0.3) is 0 Å². The summed E-state index contributed by atoms with van der Waals surface area (Å²) in [5.74, 6) is 3.11. The third kappa shape index (κ3) is 1.33. The van der Waals surface area contributed by atoms with E-state index in [1.807, 2.05) is 0 Å². The maximum absolute atomic E-state index is 9.57. The van der Waals surface area contributed by atoms with Crippen molar-refractivity contribution in [1.29, 1.82) is 0 Å². The monoisotopic (exact) mass is 138 g/mol. The maximum atomic E-state index is 9.57. The first-order valence-electron chi connectivity index (χ1n) is 3.90. The lowest BCUT2D eigenvalue weighted by Crippen LogP contribution is -2.21. The van der Waals surface area contributed by atoms with E-state index in [9.17, 15) is 5.11 Å². The molecule has 0 spiro atoms. The van der Waals surface area contributed by atoms with E-state index in [0.29, 0.717) is 5.92 Å². The number of rotatable bonds is 1. The highest BCUT2D eigenvalue weighted by atomic mass is 16.3. The standard InChI is InChI=1S/C9H14O/c1-3-8-5-6-9(10,4-2)7-8/h2,8,10H,3,5-7H2,1H3. The number of terminal acetylenes is 1. The molecule has 1 rings (SSSR count). The van der Waals surface area contributed by atoms with Crippen LogP contribution in [-0.4, -0.2) is 10.7 Å². The molecule has 0 bridgehead atoms. The summed E-state index contributed by atoms with van der Waals surface area (Å²) in [7, 11) is 0. The van der Waals surface area contributed by atoms with Gasteiger partial charge in [0.1, 0.15) is 5.60 Å². The van der Waals surface area contributed by atoms with E-state index < -0.39 is 5.60 Å². The molecule has 1 nitrogen and oxygen atoms in total. The van der Waals surface area contributed by atoms with Crippen molar-refractivity contribution >= 4 is 0 Å². The molecule has 10 heavy (non-hydrogen) atoms. The minimum atomic E-state index is -0.763. The van der Waals surface area contributed by atoms with E-state index >= 15 is 0 Å². The van der Waals surface area contributed by atoms with Gasteiger partial charge in [-0.15, -0.1) is 6.42 Å². The second-order valence-corrected chi connectivity index (χ2v) is 3.19. The van der Waals surface area contributed by atoms with Gasteiger partial charge in [0.2, 0.25) is 0 Å². The molecule has 0 amide bonds. The van der Waals surface area contributed by atoms with Crippen LogP contribution in [0.5, 0.6) is 0 Å². The highest BCUT2D eigenvalue weighted by Crippen LogP contribution is 2.35. The molecule has 0 aromatic rings. The Bertz CT molecular complexity index is 157. The Hall–Kier alpha value is -0.480. The smallest absolute Gasteiger partial charge is 0.125 e. The normalized spacial score (nSPS) is 39.5. The van der Waals surface area contributed by atoms with Gasteiger partial charge in [-0.05, 0) is 25.2 Å². The fraction of sp³-hybridized carbons (Fsp3) is 0.778. The Balaban J connectivity index is 2.51. The molecular formula is C9H14O. The topological polar surface area (TPSA) is 20.2 Å². The van der Waals surface area contributed by atoms with Crippen LogP contribution >= 0.6 is 0 Å². The van der Waals surface area contributed by atoms with E-state index in [1.165, 1.54) is 0 Å². The first kappa shape index (κ1) is 7.63. The molecule has 56 valence electrons. The highest BCUT2D eigenvalue weighted by Gasteiger charge is 2.34. The van der Waals surface area contributed by atoms with Crippen molar-refractivity contribution in [3.8, 4) is 12.3 Å². The Kier molecular flexibility index (Phi) is 2.01. The van der Waals surface area contributed by atoms with Gasteiger partial charge in [-0.2, -0.15) is 0 Å². The van der Waals surface area contributed by atoms with Crippen LogP contribution in [0.3, 0.4) is 0 Å². The summed E-state index contributed by atoms with van der Waals surface area (Å²) in [6, 6.07) is 0. The Morgan fingerprint density at radius 1 is 1.80 bits per heavy atom. The molecule has 0 radical (unpaired) electrons. The molecule has 1 heteroatoms. The molecule has 0 heterocycles. The third-order valence-corrected chi connectivity index (χ3v) is 2.44. The van der Waals surface area contributed by atoms with E-state index in [1.54, 1.807) is 0 Å². The van der Waals surface area contributed by atoms with Crippen molar-refractivity contribution < 1.29 is 5.11 Å². The van der Waals surface area contributed by atoms with Gasteiger partial charge in [0.05, 0.1) is 0 Å². The van der Waals surface area contributed by atoms with Crippen LogP contribution in [0.2, 0.25) is 0 Å². The molecule has 1 fully saturated rings. The van der Waals surface area contributed by atoms with Crippen LogP contribution in [0.1, 0.15) is 32.6 Å². The van der Waals surface area contributed by atoms with Crippen LogP contribution in [0.15, 0.2) is 0 Å². The summed E-state index contributed by atoms with van der Waals surface area (Å²) in [6.07, 6.45) is 9.02. The quantitative estimate of drug-likeness (QED) is 0.545. The lowest BCUT2D eigenvalue weighted by atomic mass is 10.0. The molecule has 0 saturated heterocycles. The Morgan fingerprint density at radius 2 is 2.50 bits per heavy atom. The zero-order chi connectivity index (χ0) is 7.61. The molecule has 1 saturated carbocycles. The van der Waals surface area contributed by atoms with E-state index in [-0.39, 0.29) is 0 Å². The van der Waals surface area contributed by atoms with Crippen LogP contribution in [0, 0.1) is 18.3 Å². The van der Waals surface area contributed by atoms with Gasteiger partial charge in [0, 0.05) is 0 Å². The van der Waals surface area contributed by atoms with Crippen molar-refractivity contribution in [2.75, 3.05) is 0 Å². The summed E-state index contributed by atoms with van der Waals surface area (Å²) in [6.45, 7) is 2.15. The molecule has 0 aromatic carbocycles. The zero-order valence-electron chi connectivity index (χ0n) is 6.43. The average Bonchev–Trinajstić information content (AvgIpc) is 2.33. The van der Waals surface area contributed by atoms with Crippen LogP contribution < -0.4 is 0 Å². The Morgan fingerprint density at radius 3 is 2.80 bits per heavy atom. The van der Waals surface area contributed by atoms with Gasteiger partial charge in [-0.3, -0.25) is 0 Å². The molecule has 0 aliphatic heterocycles. The van der Waals surface area contributed by atoms with Gasteiger partial charge in [0.25, 0.3) is 0 Å². The summed E-state index contributed by atoms with van der Waals surface area (Å²) >= 11 is 0. The predicted octanol–water partition coefficient (Wildman–Crippen LogP) is 1.56. The van der Waals surface area contributed by atoms with Gasteiger partial charge in [0.15, 0.2) is 0 Å². The van der Waals surface area contributed by atoms with Gasteiger partial charge >= 0.3 is 0 Å². The summed E-state index contributed by atoms with van der Waals surface area (Å²) in [5.41, 5.74) is -0.763. The second-order valence-electron chi connectivity index (χ2n) is 3.19. The summed E-state index contributed by atoms with van der Waals surface area (Å²) in [5, 5.41) is 9.57. The van der Waals surface area contributed by atoms with Crippen molar-refractivity contribution in [3.05, 3.63) is 0 Å². The van der Waals surface area contributed by atoms with E-state index in [2.05, 4.69) is 12.8 Å². The molecule has 2 atom stereocenters. The third-order valence-electron chi connectivity index (χ3n) is 2.44. The molecule has 1 aliphatic carbocycles. The number of aliphatic hydroxyl groups is 1. The summed E-state index contributed by atoms with van der Waals surface area (Å²) < 4.78 is 0. The second kappa shape index (κ2) is 2.64. The minimum absolute atomic E-state index is 0.654. The fourth-order valence-corrected chi connectivity index (χ4v) is 1.60. The lowest BCUT2D eigenvalue weighted by molar-refractivity contribution is 0.105. The van der Waals surface area contributed by atoms with Crippen molar-refractivity contribution in [2.45, 2.75) is 38.2 Å². The van der Waals surface area contributed by atoms with Crippen molar-refractivity contribution in [2.24, 2.45) is 5.92 Å². The first-order valence-corrected chi connectivity index (χ1v) is 3.90. The molecular weight excluding hydrogens is 124 g/mol.